The van der Waals surface area contributed by atoms with Gasteiger partial charge in [0.2, 0.25) is 10.0 Å². The molecule has 1 aliphatic rings. The molecule has 1 aromatic carbocycles. The molecule has 1 heterocycles. The van der Waals surface area contributed by atoms with Crippen molar-refractivity contribution < 1.29 is 17.5 Å². The van der Waals surface area contributed by atoms with Crippen LogP contribution in [0, 0.1) is 18.7 Å². The number of rotatable bonds is 4. The lowest BCUT2D eigenvalue weighted by molar-refractivity contribution is 0.180. The molecule has 2 unspecified atom stereocenters. The fourth-order valence-corrected chi connectivity index (χ4v) is 3.90. The van der Waals surface area contributed by atoms with Gasteiger partial charge in [-0.2, -0.15) is 0 Å². The summed E-state index contributed by atoms with van der Waals surface area (Å²) in [6.07, 6.45) is 0.813. The van der Waals surface area contributed by atoms with Gasteiger partial charge in [0.15, 0.2) is 0 Å². The molecule has 1 aromatic rings. The first-order chi connectivity index (χ1) is 9.31. The first-order valence-electron chi connectivity index (χ1n) is 6.47. The third kappa shape index (κ3) is 3.11. The van der Waals surface area contributed by atoms with E-state index in [9.17, 15) is 12.8 Å². The van der Waals surface area contributed by atoms with Crippen LogP contribution in [0.15, 0.2) is 17.0 Å². The van der Waals surface area contributed by atoms with E-state index in [-0.39, 0.29) is 28.1 Å². The van der Waals surface area contributed by atoms with Gasteiger partial charge in [-0.3, -0.25) is 0 Å². The number of ether oxygens (including phenoxy) is 1. The van der Waals surface area contributed by atoms with Crippen LogP contribution in [-0.2, 0) is 14.8 Å². The highest BCUT2D eigenvalue weighted by Crippen LogP contribution is 2.23. The summed E-state index contributed by atoms with van der Waals surface area (Å²) < 4.78 is 46.1. The van der Waals surface area contributed by atoms with Gasteiger partial charge in [0.1, 0.15) is 5.82 Å². The minimum atomic E-state index is -3.80. The lowest BCUT2D eigenvalue weighted by Gasteiger charge is -2.20. The maximum atomic E-state index is 13.6. The summed E-state index contributed by atoms with van der Waals surface area (Å²) in [5, 5.41) is 0. The normalized spacial score (nSPS) is 21.1. The van der Waals surface area contributed by atoms with Gasteiger partial charge < -0.3 is 10.5 Å². The Morgan fingerprint density at radius 1 is 1.50 bits per heavy atom. The maximum absolute atomic E-state index is 13.6. The molecular formula is C13H19FN2O3S. The maximum Gasteiger partial charge on any atom is 0.241 e. The number of benzene rings is 1. The van der Waals surface area contributed by atoms with Crippen molar-refractivity contribution in [2.45, 2.75) is 31.2 Å². The van der Waals surface area contributed by atoms with Crippen LogP contribution in [0.2, 0.25) is 0 Å². The second-order valence-corrected chi connectivity index (χ2v) is 6.84. The molecule has 0 aliphatic carbocycles. The Labute approximate surface area is 118 Å². The van der Waals surface area contributed by atoms with Crippen molar-refractivity contribution in [3.8, 4) is 0 Å². The fourth-order valence-electron chi connectivity index (χ4n) is 2.30. The van der Waals surface area contributed by atoms with Crippen molar-refractivity contribution in [2.24, 2.45) is 5.92 Å². The number of hydrogen-bond donors (Lipinski definition) is 2. The minimum absolute atomic E-state index is 0.0709. The molecule has 1 aliphatic heterocycles. The smallest absolute Gasteiger partial charge is 0.241 e. The van der Waals surface area contributed by atoms with Crippen molar-refractivity contribution in [3.63, 3.8) is 0 Å². The molecule has 20 heavy (non-hydrogen) atoms. The van der Waals surface area contributed by atoms with Gasteiger partial charge in [0.05, 0.1) is 11.5 Å². The molecule has 0 bridgehead atoms. The van der Waals surface area contributed by atoms with Crippen LogP contribution in [0.5, 0.6) is 0 Å². The standard InChI is InChI=1S/C13H19FN2O3S/c1-8-12(14)5-11(15)6-13(8)20(17,18)16-9(2)10-3-4-19-7-10/h5-6,9-10,16H,3-4,7,15H2,1-2H3. The van der Waals surface area contributed by atoms with Gasteiger partial charge in [0.25, 0.3) is 0 Å². The monoisotopic (exact) mass is 302 g/mol. The number of halogens is 1. The first-order valence-corrected chi connectivity index (χ1v) is 7.95. The Balaban J connectivity index is 2.26. The topological polar surface area (TPSA) is 81.4 Å². The Morgan fingerprint density at radius 3 is 2.80 bits per heavy atom. The predicted molar refractivity (Wildman–Crippen MR) is 74.3 cm³/mol. The van der Waals surface area contributed by atoms with Crippen LogP contribution >= 0.6 is 0 Å². The molecule has 2 rings (SSSR count). The largest absolute Gasteiger partial charge is 0.399 e. The van der Waals surface area contributed by atoms with Crippen molar-refractivity contribution in [1.82, 2.24) is 4.72 Å². The first kappa shape index (κ1) is 15.2. The quantitative estimate of drug-likeness (QED) is 0.824. The highest BCUT2D eigenvalue weighted by atomic mass is 32.2. The molecule has 0 radical (unpaired) electrons. The van der Waals surface area contributed by atoms with Gasteiger partial charge in [0, 0.05) is 29.8 Å². The van der Waals surface area contributed by atoms with Crippen LogP contribution in [0.25, 0.3) is 0 Å². The van der Waals surface area contributed by atoms with E-state index in [1.54, 1.807) is 6.92 Å². The van der Waals surface area contributed by atoms with Crippen molar-refractivity contribution in [1.29, 1.82) is 0 Å². The number of nitrogens with one attached hydrogen (secondary N) is 1. The summed E-state index contributed by atoms with van der Waals surface area (Å²) in [4.78, 5) is -0.110. The van der Waals surface area contributed by atoms with Gasteiger partial charge in [-0.1, -0.05) is 0 Å². The predicted octanol–water partition coefficient (Wildman–Crippen LogP) is 1.42. The zero-order valence-electron chi connectivity index (χ0n) is 11.5. The molecule has 0 spiro atoms. The molecule has 0 amide bonds. The summed E-state index contributed by atoms with van der Waals surface area (Å²) in [5.74, 6) is -0.488. The van der Waals surface area contributed by atoms with Gasteiger partial charge >= 0.3 is 0 Å². The van der Waals surface area contributed by atoms with Gasteiger partial charge in [-0.05, 0) is 32.4 Å². The van der Waals surface area contributed by atoms with Crippen LogP contribution in [0.1, 0.15) is 18.9 Å². The number of nitrogen functional groups attached to an aromatic ring is 1. The highest BCUT2D eigenvalue weighted by Gasteiger charge is 2.28. The molecule has 0 aromatic heterocycles. The third-order valence-electron chi connectivity index (χ3n) is 3.62. The number of nitrogens with two attached hydrogens (primary N) is 1. The van der Waals surface area contributed by atoms with E-state index >= 15 is 0 Å². The highest BCUT2D eigenvalue weighted by molar-refractivity contribution is 7.89. The molecule has 7 heteroatoms. The van der Waals surface area contributed by atoms with Gasteiger partial charge in [-0.15, -0.1) is 0 Å². The zero-order valence-corrected chi connectivity index (χ0v) is 12.3. The summed E-state index contributed by atoms with van der Waals surface area (Å²) in [6.45, 7) is 4.39. The molecule has 112 valence electrons. The number of anilines is 1. The van der Waals surface area contributed by atoms with Gasteiger partial charge in [-0.25, -0.2) is 17.5 Å². The Hall–Kier alpha value is -1.18. The molecule has 1 fully saturated rings. The van der Waals surface area contributed by atoms with E-state index in [1.807, 2.05) is 0 Å². The minimum Gasteiger partial charge on any atom is -0.399 e. The molecule has 2 atom stereocenters. The Morgan fingerprint density at radius 2 is 2.20 bits per heavy atom. The van der Waals surface area contributed by atoms with Crippen LogP contribution in [0.3, 0.4) is 0 Å². The molecule has 0 saturated carbocycles. The second-order valence-electron chi connectivity index (χ2n) is 5.16. The summed E-state index contributed by atoms with van der Waals surface area (Å²) >= 11 is 0. The summed E-state index contributed by atoms with van der Waals surface area (Å²) in [7, 11) is -3.80. The molecule has 1 saturated heterocycles. The Bertz CT molecular complexity index is 598. The van der Waals surface area contributed by atoms with Crippen molar-refractivity contribution in [3.05, 3.63) is 23.5 Å². The lowest BCUT2D eigenvalue weighted by Crippen LogP contribution is -2.38. The van der Waals surface area contributed by atoms with E-state index in [0.717, 1.165) is 12.5 Å². The Kier molecular flexibility index (Phi) is 4.31. The zero-order chi connectivity index (χ0) is 14.9. The number of hydrogen-bond acceptors (Lipinski definition) is 4. The average molecular weight is 302 g/mol. The van der Waals surface area contributed by atoms with E-state index in [0.29, 0.717) is 13.2 Å². The van der Waals surface area contributed by atoms with E-state index in [2.05, 4.69) is 4.72 Å². The summed E-state index contributed by atoms with van der Waals surface area (Å²) in [6, 6.07) is 2.12. The average Bonchev–Trinajstić information content (AvgIpc) is 2.86. The molecule has 3 N–H and O–H groups in total. The molecule has 5 nitrogen and oxygen atoms in total. The van der Waals surface area contributed by atoms with Crippen LogP contribution < -0.4 is 10.5 Å². The van der Waals surface area contributed by atoms with E-state index < -0.39 is 15.8 Å². The lowest BCUT2D eigenvalue weighted by atomic mass is 10.0. The van der Waals surface area contributed by atoms with Crippen LogP contribution in [0.4, 0.5) is 10.1 Å². The van der Waals surface area contributed by atoms with Crippen molar-refractivity contribution >= 4 is 15.7 Å². The van der Waals surface area contributed by atoms with Crippen LogP contribution in [-0.4, -0.2) is 27.7 Å². The number of sulfonamides is 1. The van der Waals surface area contributed by atoms with E-state index in [1.165, 1.54) is 13.0 Å². The van der Waals surface area contributed by atoms with E-state index in [4.69, 9.17) is 10.5 Å². The molecular weight excluding hydrogens is 283 g/mol. The summed E-state index contributed by atoms with van der Waals surface area (Å²) in [5.41, 5.74) is 5.68. The SMILES string of the molecule is Cc1c(F)cc(N)cc1S(=O)(=O)NC(C)C1CCOC1. The second kappa shape index (κ2) is 5.67. The van der Waals surface area contributed by atoms with Crippen molar-refractivity contribution in [2.75, 3.05) is 18.9 Å². The third-order valence-corrected chi connectivity index (χ3v) is 5.31. The fraction of sp³-hybridized carbons (Fsp3) is 0.538.